The number of rotatable bonds is 7. The molecule has 0 fully saturated rings. The average molecular weight is 388 g/mol. The van der Waals surface area contributed by atoms with Crippen LogP contribution in [0.15, 0.2) is 52.6 Å². The standard InChI is InChI=1S/C18H20N4O4S/c1-3-13-4-7-16(8-5-13)27(24,25)21-14-6-9-17(19-11-14)22-18(23)10-15(20-22)12-26-2/h4-9,11,21H,3,10,12H2,1-2H3. The number of benzene rings is 1. The van der Waals surface area contributed by atoms with Crippen molar-refractivity contribution in [2.75, 3.05) is 23.4 Å². The van der Waals surface area contributed by atoms with Crippen LogP contribution in [0.2, 0.25) is 0 Å². The fraction of sp³-hybridized carbons (Fsp3) is 0.278. The molecule has 0 atom stereocenters. The van der Waals surface area contributed by atoms with Crippen molar-refractivity contribution in [2.24, 2.45) is 5.10 Å². The molecule has 142 valence electrons. The summed E-state index contributed by atoms with van der Waals surface area (Å²) in [5, 5.41) is 5.36. The zero-order chi connectivity index (χ0) is 19.4. The number of nitrogens with zero attached hydrogens (tertiary/aromatic N) is 3. The Hall–Kier alpha value is -2.78. The van der Waals surface area contributed by atoms with Crippen LogP contribution in [0, 0.1) is 0 Å². The van der Waals surface area contributed by atoms with E-state index >= 15 is 0 Å². The number of amides is 1. The zero-order valence-corrected chi connectivity index (χ0v) is 15.9. The zero-order valence-electron chi connectivity index (χ0n) is 15.0. The van der Waals surface area contributed by atoms with Crippen molar-refractivity contribution in [3.05, 3.63) is 48.2 Å². The highest BCUT2D eigenvalue weighted by Crippen LogP contribution is 2.21. The lowest BCUT2D eigenvalue weighted by atomic mass is 10.2. The fourth-order valence-electron chi connectivity index (χ4n) is 2.60. The Balaban J connectivity index is 1.74. The van der Waals surface area contributed by atoms with E-state index in [1.165, 1.54) is 30.4 Å². The van der Waals surface area contributed by atoms with Gasteiger partial charge in [0.1, 0.15) is 0 Å². The van der Waals surface area contributed by atoms with Gasteiger partial charge >= 0.3 is 0 Å². The Morgan fingerprint density at radius 2 is 1.93 bits per heavy atom. The molecule has 2 aromatic rings. The van der Waals surface area contributed by atoms with Crippen molar-refractivity contribution in [1.82, 2.24) is 4.98 Å². The van der Waals surface area contributed by atoms with Crippen LogP contribution >= 0.6 is 0 Å². The van der Waals surface area contributed by atoms with Crippen LogP contribution in [0.5, 0.6) is 0 Å². The molecule has 8 nitrogen and oxygen atoms in total. The van der Waals surface area contributed by atoms with Gasteiger partial charge in [-0.15, -0.1) is 0 Å². The Morgan fingerprint density at radius 3 is 2.52 bits per heavy atom. The summed E-state index contributed by atoms with van der Waals surface area (Å²) in [6.07, 6.45) is 2.37. The maximum atomic E-state index is 12.5. The molecule has 0 radical (unpaired) electrons. The fourth-order valence-corrected chi connectivity index (χ4v) is 3.64. The molecule has 2 heterocycles. The van der Waals surface area contributed by atoms with E-state index in [0.29, 0.717) is 17.2 Å². The largest absolute Gasteiger partial charge is 0.379 e. The summed E-state index contributed by atoms with van der Waals surface area (Å²) in [6.45, 7) is 2.28. The van der Waals surface area contributed by atoms with E-state index in [4.69, 9.17) is 4.74 Å². The van der Waals surface area contributed by atoms with Crippen molar-refractivity contribution in [2.45, 2.75) is 24.7 Å². The van der Waals surface area contributed by atoms with E-state index in [1.54, 1.807) is 24.3 Å². The van der Waals surface area contributed by atoms with Crippen LogP contribution in [0.1, 0.15) is 18.9 Å². The molecule has 0 bridgehead atoms. The average Bonchev–Trinajstić information content (AvgIpc) is 3.03. The first kappa shape index (κ1) is 19.0. The minimum Gasteiger partial charge on any atom is -0.379 e. The van der Waals surface area contributed by atoms with Gasteiger partial charge in [-0.1, -0.05) is 19.1 Å². The lowest BCUT2D eigenvalue weighted by Crippen LogP contribution is -2.21. The van der Waals surface area contributed by atoms with E-state index in [2.05, 4.69) is 14.8 Å². The second kappa shape index (κ2) is 7.85. The molecule has 9 heteroatoms. The molecule has 0 saturated carbocycles. The predicted molar refractivity (Wildman–Crippen MR) is 102 cm³/mol. The number of aromatic nitrogens is 1. The molecule has 3 rings (SSSR count). The predicted octanol–water partition coefficient (Wildman–Crippen LogP) is 2.18. The third-order valence-electron chi connectivity index (χ3n) is 4.00. The van der Waals surface area contributed by atoms with Crippen molar-refractivity contribution in [3.63, 3.8) is 0 Å². The maximum absolute atomic E-state index is 12.5. The second-order valence-electron chi connectivity index (χ2n) is 5.99. The summed E-state index contributed by atoms with van der Waals surface area (Å²) < 4.78 is 32.4. The van der Waals surface area contributed by atoms with E-state index in [0.717, 1.165) is 12.0 Å². The van der Waals surface area contributed by atoms with Gasteiger partial charge < -0.3 is 4.74 Å². The monoisotopic (exact) mass is 388 g/mol. The number of hydrogen-bond donors (Lipinski definition) is 1. The minimum absolute atomic E-state index is 0.173. The lowest BCUT2D eigenvalue weighted by molar-refractivity contribution is -0.117. The number of carbonyl (C=O) groups is 1. The number of hydrazone groups is 1. The highest BCUT2D eigenvalue weighted by molar-refractivity contribution is 7.92. The first-order valence-electron chi connectivity index (χ1n) is 8.39. The molecule has 1 N–H and O–H groups in total. The molecule has 1 aromatic heterocycles. The summed E-state index contributed by atoms with van der Waals surface area (Å²) in [6, 6.07) is 9.78. The van der Waals surface area contributed by atoms with E-state index < -0.39 is 10.0 Å². The van der Waals surface area contributed by atoms with Gasteiger partial charge in [-0.05, 0) is 36.2 Å². The highest BCUT2D eigenvalue weighted by atomic mass is 32.2. The molecule has 0 spiro atoms. The number of carbonyl (C=O) groups excluding carboxylic acids is 1. The van der Waals surface area contributed by atoms with Gasteiger partial charge in [-0.2, -0.15) is 10.1 Å². The van der Waals surface area contributed by atoms with E-state index in [-0.39, 0.29) is 23.8 Å². The van der Waals surface area contributed by atoms with Gasteiger partial charge in [0.05, 0.1) is 35.5 Å². The van der Waals surface area contributed by atoms with Gasteiger partial charge in [-0.3, -0.25) is 9.52 Å². The van der Waals surface area contributed by atoms with Gasteiger partial charge in [-0.25, -0.2) is 13.4 Å². The normalized spacial score (nSPS) is 14.4. The minimum atomic E-state index is -3.71. The summed E-state index contributed by atoms with van der Waals surface area (Å²) in [7, 11) is -2.18. The number of methoxy groups -OCH3 is 1. The molecule has 1 aromatic carbocycles. The summed E-state index contributed by atoms with van der Waals surface area (Å²) in [5.74, 6) is 0.111. The molecule has 1 aliphatic rings. The van der Waals surface area contributed by atoms with Crippen LogP contribution in [0.3, 0.4) is 0 Å². The number of ether oxygens (including phenoxy) is 1. The number of aryl methyl sites for hydroxylation is 1. The smallest absolute Gasteiger partial charge is 0.261 e. The number of hydrogen-bond acceptors (Lipinski definition) is 6. The topological polar surface area (TPSA) is 101 Å². The quantitative estimate of drug-likeness (QED) is 0.783. The number of sulfonamides is 1. The van der Waals surface area contributed by atoms with Gasteiger partial charge in [0, 0.05) is 7.11 Å². The number of anilines is 2. The maximum Gasteiger partial charge on any atom is 0.261 e. The molecule has 27 heavy (non-hydrogen) atoms. The number of nitrogens with one attached hydrogen (secondary N) is 1. The summed E-state index contributed by atoms with van der Waals surface area (Å²) >= 11 is 0. The Bertz CT molecular complexity index is 954. The van der Waals surface area contributed by atoms with Crippen molar-refractivity contribution in [3.8, 4) is 0 Å². The van der Waals surface area contributed by atoms with Crippen LogP contribution in [-0.2, 0) is 26.0 Å². The first-order valence-corrected chi connectivity index (χ1v) is 9.87. The van der Waals surface area contributed by atoms with Crippen molar-refractivity contribution >= 4 is 33.1 Å². The van der Waals surface area contributed by atoms with Crippen LogP contribution in [-0.4, -0.2) is 38.7 Å². The van der Waals surface area contributed by atoms with E-state index in [9.17, 15) is 13.2 Å². The lowest BCUT2D eigenvalue weighted by Gasteiger charge is -2.12. The molecular formula is C18H20N4O4S. The Kier molecular flexibility index (Phi) is 5.52. The van der Waals surface area contributed by atoms with Crippen LogP contribution in [0.25, 0.3) is 0 Å². The number of pyridine rings is 1. The van der Waals surface area contributed by atoms with Gasteiger partial charge in [0.25, 0.3) is 15.9 Å². The second-order valence-corrected chi connectivity index (χ2v) is 7.67. The Morgan fingerprint density at radius 1 is 1.19 bits per heavy atom. The van der Waals surface area contributed by atoms with Gasteiger partial charge in [0.2, 0.25) is 0 Å². The molecular weight excluding hydrogens is 368 g/mol. The van der Waals surface area contributed by atoms with Crippen LogP contribution < -0.4 is 9.73 Å². The van der Waals surface area contributed by atoms with E-state index in [1.807, 2.05) is 6.92 Å². The highest BCUT2D eigenvalue weighted by Gasteiger charge is 2.26. The van der Waals surface area contributed by atoms with Crippen molar-refractivity contribution in [1.29, 1.82) is 0 Å². The molecule has 0 saturated heterocycles. The van der Waals surface area contributed by atoms with Crippen LogP contribution in [0.4, 0.5) is 11.5 Å². The SMILES string of the molecule is CCc1ccc(S(=O)(=O)Nc2ccc(N3N=C(COC)CC3=O)nc2)cc1. The first-order chi connectivity index (χ1) is 12.9. The summed E-state index contributed by atoms with van der Waals surface area (Å²) in [5.41, 5.74) is 1.97. The third-order valence-corrected chi connectivity index (χ3v) is 5.40. The molecule has 0 unspecified atom stereocenters. The molecule has 1 amide bonds. The molecule has 1 aliphatic heterocycles. The van der Waals surface area contributed by atoms with Crippen molar-refractivity contribution < 1.29 is 17.9 Å². The third kappa shape index (κ3) is 4.32. The van der Waals surface area contributed by atoms with Gasteiger partial charge in [0.15, 0.2) is 5.82 Å². The Labute approximate surface area is 157 Å². The molecule has 0 aliphatic carbocycles. The summed E-state index contributed by atoms with van der Waals surface area (Å²) in [4.78, 5) is 16.3.